The average molecular weight is 793 g/mol. The summed E-state index contributed by atoms with van der Waals surface area (Å²) in [6, 6.07) is 45.9. The Kier molecular flexibility index (Phi) is 12.3. The quantitative estimate of drug-likeness (QED) is 0.162. The van der Waals surface area contributed by atoms with Crippen LogP contribution in [0.1, 0.15) is 58.3 Å². The van der Waals surface area contributed by atoms with Crippen LogP contribution in [0.25, 0.3) is 0 Å². The van der Waals surface area contributed by atoms with E-state index in [2.05, 4.69) is 45.1 Å². The van der Waals surface area contributed by atoms with Crippen molar-refractivity contribution in [3.05, 3.63) is 179 Å². The minimum atomic E-state index is -0.494. The molecule has 4 heterocycles. The van der Waals surface area contributed by atoms with E-state index in [0.29, 0.717) is 51.0 Å². The van der Waals surface area contributed by atoms with E-state index in [0.717, 1.165) is 43.5 Å². The topological polar surface area (TPSA) is 97.0 Å². The Morgan fingerprint density at radius 3 is 1.36 bits per heavy atom. The molecule has 0 aliphatic carbocycles. The molecule has 5 aromatic rings. The zero-order valence-electron chi connectivity index (χ0n) is 33.4. The number of carbonyl (C=O) groups excluding carboxylic acids is 3. The molecule has 0 bridgehead atoms. The van der Waals surface area contributed by atoms with Crippen LogP contribution < -0.4 is 16.0 Å². The van der Waals surface area contributed by atoms with Crippen LogP contribution in [0.5, 0.6) is 0 Å². The molecule has 9 rings (SSSR count). The molecular weight excluding hydrogens is 740 g/mol. The number of likely N-dealkylation sites (tertiary alicyclic amines) is 1. The molecule has 5 aromatic carbocycles. The molecule has 2 atom stereocenters. The Labute approximate surface area is 346 Å². The van der Waals surface area contributed by atoms with Crippen molar-refractivity contribution in [2.24, 2.45) is 0 Å². The summed E-state index contributed by atoms with van der Waals surface area (Å²) in [6.07, 6.45) is 4.58. The van der Waals surface area contributed by atoms with Gasteiger partial charge in [-0.2, -0.15) is 0 Å². The van der Waals surface area contributed by atoms with E-state index in [-0.39, 0.29) is 41.3 Å². The normalized spacial score (nSPS) is 20.8. The van der Waals surface area contributed by atoms with Crippen molar-refractivity contribution in [2.45, 2.75) is 75.0 Å². The van der Waals surface area contributed by atoms with Gasteiger partial charge >= 0.3 is 0 Å². The van der Waals surface area contributed by atoms with Crippen molar-refractivity contribution in [3.63, 3.8) is 0 Å². The first-order valence-corrected chi connectivity index (χ1v) is 20.9. The van der Waals surface area contributed by atoms with Crippen LogP contribution in [-0.2, 0) is 35.5 Å². The third-order valence-electron chi connectivity index (χ3n) is 12.4. The van der Waals surface area contributed by atoms with Crippen LogP contribution in [-0.4, -0.2) is 82.0 Å². The average Bonchev–Trinajstić information content (AvgIpc) is 3.66. The van der Waals surface area contributed by atoms with Gasteiger partial charge in [-0.25, -0.2) is 4.39 Å². The van der Waals surface area contributed by atoms with E-state index in [4.69, 9.17) is 0 Å². The maximum Gasteiger partial charge on any atom is 0.253 e. The SMILES string of the molecule is O=C(c1ccc(F)cc1)N1CCC2(CC1)N[C@@H](Cc1ccccc1)C(=O)N2Cc1ccccc1.O=C1[C@H](Cc2ccccc2)NC2(CCNCC2)N1Cc1ccccc1. The van der Waals surface area contributed by atoms with E-state index in [1.54, 1.807) is 4.90 Å². The molecule has 0 unspecified atom stereocenters. The molecule has 304 valence electrons. The first kappa shape index (κ1) is 40.1. The van der Waals surface area contributed by atoms with Gasteiger partial charge < -0.3 is 20.0 Å². The molecule has 0 radical (unpaired) electrons. The summed E-state index contributed by atoms with van der Waals surface area (Å²) in [7, 11) is 0. The molecule has 10 heteroatoms. The smallest absolute Gasteiger partial charge is 0.253 e. The maximum atomic E-state index is 13.6. The van der Waals surface area contributed by atoms with Crippen LogP contribution in [0.3, 0.4) is 0 Å². The molecule has 9 nitrogen and oxygen atoms in total. The fourth-order valence-electron chi connectivity index (χ4n) is 9.22. The van der Waals surface area contributed by atoms with Crippen molar-refractivity contribution in [3.8, 4) is 0 Å². The van der Waals surface area contributed by atoms with Gasteiger partial charge in [-0.3, -0.25) is 25.0 Å². The van der Waals surface area contributed by atoms with Crippen molar-refractivity contribution < 1.29 is 18.8 Å². The van der Waals surface area contributed by atoms with Crippen LogP contribution in [0.2, 0.25) is 0 Å². The van der Waals surface area contributed by atoms with Crippen LogP contribution >= 0.6 is 0 Å². The Morgan fingerprint density at radius 1 is 0.542 bits per heavy atom. The molecule has 4 aliphatic rings. The van der Waals surface area contributed by atoms with Gasteiger partial charge in [-0.05, 0) is 85.3 Å². The summed E-state index contributed by atoms with van der Waals surface area (Å²) in [5, 5.41) is 10.8. The lowest BCUT2D eigenvalue weighted by Crippen LogP contribution is -2.59. The predicted molar refractivity (Wildman–Crippen MR) is 227 cm³/mol. The van der Waals surface area contributed by atoms with Crippen molar-refractivity contribution in [2.75, 3.05) is 26.2 Å². The Morgan fingerprint density at radius 2 is 0.932 bits per heavy atom. The summed E-state index contributed by atoms with van der Waals surface area (Å²) in [4.78, 5) is 45.7. The van der Waals surface area contributed by atoms with Gasteiger partial charge in [0.1, 0.15) is 5.82 Å². The highest BCUT2D eigenvalue weighted by Gasteiger charge is 2.52. The number of hydrogen-bond acceptors (Lipinski definition) is 6. The number of amides is 3. The highest BCUT2D eigenvalue weighted by atomic mass is 19.1. The molecule has 0 saturated carbocycles. The zero-order valence-corrected chi connectivity index (χ0v) is 33.4. The first-order chi connectivity index (χ1) is 28.8. The molecule has 4 saturated heterocycles. The number of piperidine rings is 2. The van der Waals surface area contributed by atoms with E-state index >= 15 is 0 Å². The molecule has 59 heavy (non-hydrogen) atoms. The van der Waals surface area contributed by atoms with Crippen molar-refractivity contribution in [1.82, 2.24) is 30.7 Å². The molecule has 0 aromatic heterocycles. The number of halogens is 1. The van der Waals surface area contributed by atoms with E-state index in [1.165, 1.54) is 35.4 Å². The zero-order chi connectivity index (χ0) is 40.7. The minimum absolute atomic E-state index is 0.102. The second-order valence-electron chi connectivity index (χ2n) is 16.2. The standard InChI is InChI=1S/C28H28FN3O2.C21H25N3O/c29-24-13-11-23(12-14-24)26(33)31-17-15-28(16-18-31)30-25(19-21-7-3-1-4-8-21)27(34)32(28)20-22-9-5-2-6-10-22;25-20-19(15-17-7-3-1-4-8-17)23-21(11-13-22-14-12-21)24(20)16-18-9-5-2-6-10-18/h1-14,25,30H,15-20H2;1-10,19,22-23H,11-16H2/t25-;19-/m00/s1. The molecule has 3 N–H and O–H groups in total. The number of hydrogen-bond donors (Lipinski definition) is 3. The number of benzene rings is 5. The summed E-state index contributed by atoms with van der Waals surface area (Å²) in [6.45, 7) is 4.16. The Bertz CT molecular complexity index is 2160. The number of nitrogens with one attached hydrogen (secondary N) is 3. The lowest BCUT2D eigenvalue weighted by atomic mass is 9.94. The largest absolute Gasteiger partial charge is 0.338 e. The van der Waals surface area contributed by atoms with Gasteiger partial charge in [0.15, 0.2) is 0 Å². The van der Waals surface area contributed by atoms with Crippen LogP contribution in [0.4, 0.5) is 4.39 Å². The second-order valence-corrected chi connectivity index (χ2v) is 16.2. The highest BCUT2D eigenvalue weighted by molar-refractivity contribution is 5.94. The maximum absolute atomic E-state index is 13.6. The van der Waals surface area contributed by atoms with Gasteiger partial charge in [-0.15, -0.1) is 0 Å². The highest BCUT2D eigenvalue weighted by Crippen LogP contribution is 2.36. The summed E-state index contributed by atoms with van der Waals surface area (Å²) < 4.78 is 13.3. The van der Waals surface area contributed by atoms with Crippen molar-refractivity contribution in [1.29, 1.82) is 0 Å². The van der Waals surface area contributed by atoms with Gasteiger partial charge in [0, 0.05) is 44.6 Å². The van der Waals surface area contributed by atoms with Crippen molar-refractivity contribution >= 4 is 17.7 Å². The number of rotatable bonds is 9. The second kappa shape index (κ2) is 18.1. The lowest BCUT2D eigenvalue weighted by Gasteiger charge is -2.44. The third-order valence-corrected chi connectivity index (χ3v) is 12.4. The number of carbonyl (C=O) groups is 3. The lowest BCUT2D eigenvalue weighted by molar-refractivity contribution is -0.134. The fraction of sp³-hybridized carbons (Fsp3) is 0.327. The fourth-order valence-corrected chi connectivity index (χ4v) is 9.22. The van der Waals surface area contributed by atoms with Gasteiger partial charge in [0.05, 0.1) is 23.4 Å². The molecule has 4 fully saturated rings. The van der Waals surface area contributed by atoms with Gasteiger partial charge in [0.25, 0.3) is 5.91 Å². The molecule has 3 amide bonds. The summed E-state index contributed by atoms with van der Waals surface area (Å²) in [5.74, 6) is -0.126. The summed E-state index contributed by atoms with van der Waals surface area (Å²) in [5.41, 5.74) is 4.38. The van der Waals surface area contributed by atoms with Gasteiger partial charge in [-0.1, -0.05) is 121 Å². The number of nitrogens with zero attached hydrogens (tertiary/aromatic N) is 3. The van der Waals surface area contributed by atoms with Crippen LogP contribution in [0, 0.1) is 5.82 Å². The Hall–Kier alpha value is -5.68. The predicted octanol–water partition coefficient (Wildman–Crippen LogP) is 6.31. The van der Waals surface area contributed by atoms with E-state index < -0.39 is 5.66 Å². The molecule has 4 aliphatic heterocycles. The summed E-state index contributed by atoms with van der Waals surface area (Å²) >= 11 is 0. The van der Waals surface area contributed by atoms with Crippen LogP contribution in [0.15, 0.2) is 146 Å². The molecule has 2 spiro atoms. The van der Waals surface area contributed by atoms with E-state index in [9.17, 15) is 18.8 Å². The Balaban J connectivity index is 0.000000172. The third kappa shape index (κ3) is 9.15. The van der Waals surface area contributed by atoms with E-state index in [1.807, 2.05) is 102 Å². The molecular formula is C49H53FN6O3. The monoisotopic (exact) mass is 792 g/mol. The van der Waals surface area contributed by atoms with Gasteiger partial charge in [0.2, 0.25) is 11.8 Å². The first-order valence-electron chi connectivity index (χ1n) is 20.9. The minimum Gasteiger partial charge on any atom is -0.338 e.